The van der Waals surface area contributed by atoms with Crippen LogP contribution in [0.1, 0.15) is 81.3 Å². The first kappa shape index (κ1) is 23.2. The summed E-state index contributed by atoms with van der Waals surface area (Å²) in [5, 5.41) is 1.89. The Kier molecular flexibility index (Phi) is 6.72. The lowest BCUT2D eigenvalue weighted by Crippen LogP contribution is -2.30. The van der Waals surface area contributed by atoms with Gasteiger partial charge in [0.25, 0.3) is 5.56 Å². The summed E-state index contributed by atoms with van der Waals surface area (Å²) < 4.78 is 2.11. The molecule has 2 heterocycles. The predicted octanol–water partition coefficient (Wildman–Crippen LogP) is 7.45. The summed E-state index contributed by atoms with van der Waals surface area (Å²) in [4.78, 5) is 21.6. The Bertz CT molecular complexity index is 1170. The molecular formula is C28H36N2OS2. The summed E-state index contributed by atoms with van der Waals surface area (Å²) in [6, 6.07) is 10.9. The molecule has 0 amide bonds. The molecule has 2 aromatic heterocycles. The topological polar surface area (TPSA) is 34.9 Å². The van der Waals surface area contributed by atoms with Crippen molar-refractivity contribution in [1.29, 1.82) is 0 Å². The van der Waals surface area contributed by atoms with Gasteiger partial charge in [-0.3, -0.25) is 9.36 Å². The van der Waals surface area contributed by atoms with Crippen LogP contribution in [0.4, 0.5) is 0 Å². The molecule has 1 atom stereocenters. The maximum atomic E-state index is 14.0. The smallest absolute Gasteiger partial charge is 0.263 e. The standard InChI is InChI=1S/C28H36N2OS2/c1-28(2,3)20-14-15-22-23(18-20)33-25-24(22)26(31)30(21-12-8-5-9-13-21)27(29-25)32-17-16-19-10-6-4-7-11-19/h4,6-7,10-11,20-21H,5,8-9,12-18H2,1-3H3/t20-/m1/s1. The minimum absolute atomic E-state index is 0.237. The lowest BCUT2D eigenvalue weighted by atomic mass is 9.72. The molecule has 0 radical (unpaired) electrons. The van der Waals surface area contributed by atoms with E-state index >= 15 is 0 Å². The molecule has 2 aliphatic rings. The molecule has 0 aliphatic heterocycles. The fourth-order valence-corrected chi connectivity index (χ4v) is 8.02. The van der Waals surface area contributed by atoms with Crippen LogP contribution in [-0.2, 0) is 19.3 Å². The van der Waals surface area contributed by atoms with Crippen molar-refractivity contribution in [3.8, 4) is 0 Å². The van der Waals surface area contributed by atoms with Crippen molar-refractivity contribution < 1.29 is 0 Å². The largest absolute Gasteiger partial charge is 0.284 e. The maximum absolute atomic E-state index is 14.0. The van der Waals surface area contributed by atoms with Crippen molar-refractivity contribution >= 4 is 33.3 Å². The summed E-state index contributed by atoms with van der Waals surface area (Å²) in [5.41, 5.74) is 3.21. The first-order chi connectivity index (χ1) is 15.9. The van der Waals surface area contributed by atoms with E-state index in [9.17, 15) is 4.79 Å². The minimum atomic E-state index is 0.237. The molecule has 5 rings (SSSR count). The van der Waals surface area contributed by atoms with Gasteiger partial charge in [0.15, 0.2) is 5.16 Å². The van der Waals surface area contributed by atoms with Crippen molar-refractivity contribution in [3.05, 3.63) is 56.7 Å². The van der Waals surface area contributed by atoms with E-state index in [2.05, 4.69) is 55.7 Å². The molecule has 2 aliphatic carbocycles. The maximum Gasteiger partial charge on any atom is 0.263 e. The molecule has 0 N–H and O–H groups in total. The van der Waals surface area contributed by atoms with Crippen LogP contribution < -0.4 is 5.56 Å². The molecule has 3 nitrogen and oxygen atoms in total. The quantitative estimate of drug-likeness (QED) is 0.281. The Morgan fingerprint density at radius 1 is 1.09 bits per heavy atom. The first-order valence-corrected chi connectivity index (χ1v) is 14.5. The van der Waals surface area contributed by atoms with E-state index in [0.717, 1.165) is 53.2 Å². The highest BCUT2D eigenvalue weighted by Gasteiger charge is 2.33. The molecule has 0 unspecified atom stereocenters. The summed E-state index contributed by atoms with van der Waals surface area (Å²) in [6.45, 7) is 7.06. The van der Waals surface area contributed by atoms with Crippen molar-refractivity contribution in [2.75, 3.05) is 5.75 Å². The Balaban J connectivity index is 1.51. The second kappa shape index (κ2) is 9.58. The molecule has 1 aromatic carbocycles. The van der Waals surface area contributed by atoms with Gasteiger partial charge in [-0.1, -0.05) is 82.1 Å². The number of aromatic nitrogens is 2. The highest BCUT2D eigenvalue weighted by atomic mass is 32.2. The van der Waals surface area contributed by atoms with E-state index in [4.69, 9.17) is 4.98 Å². The predicted molar refractivity (Wildman–Crippen MR) is 142 cm³/mol. The van der Waals surface area contributed by atoms with Gasteiger partial charge in [-0.2, -0.15) is 0 Å². The molecule has 1 fully saturated rings. The Morgan fingerprint density at radius 2 is 1.85 bits per heavy atom. The molecule has 176 valence electrons. The van der Waals surface area contributed by atoms with E-state index < -0.39 is 0 Å². The fraction of sp³-hybridized carbons (Fsp3) is 0.571. The Labute approximate surface area is 206 Å². The Hall–Kier alpha value is -1.59. The van der Waals surface area contributed by atoms with Gasteiger partial charge in [0.1, 0.15) is 4.83 Å². The fourth-order valence-electron chi connectivity index (χ4n) is 5.63. The lowest BCUT2D eigenvalue weighted by molar-refractivity contribution is 0.218. The Morgan fingerprint density at radius 3 is 2.58 bits per heavy atom. The minimum Gasteiger partial charge on any atom is -0.284 e. The van der Waals surface area contributed by atoms with E-state index in [0.29, 0.717) is 17.4 Å². The number of nitrogens with zero attached hydrogens (tertiary/aromatic N) is 2. The summed E-state index contributed by atoms with van der Waals surface area (Å²) in [7, 11) is 0. The van der Waals surface area contributed by atoms with Gasteiger partial charge in [0.05, 0.1) is 5.39 Å². The summed E-state index contributed by atoms with van der Waals surface area (Å²) in [6.07, 6.45) is 10.3. The van der Waals surface area contributed by atoms with Gasteiger partial charge < -0.3 is 0 Å². The third kappa shape index (κ3) is 4.81. The second-order valence-electron chi connectivity index (χ2n) is 10.9. The van der Waals surface area contributed by atoms with Gasteiger partial charge in [-0.05, 0) is 61.0 Å². The summed E-state index contributed by atoms with van der Waals surface area (Å²) >= 11 is 3.57. The number of hydrogen-bond acceptors (Lipinski definition) is 4. The average Bonchev–Trinajstić information content (AvgIpc) is 3.18. The van der Waals surface area contributed by atoms with E-state index in [1.165, 1.54) is 41.7 Å². The number of rotatable bonds is 5. The van der Waals surface area contributed by atoms with Crippen LogP contribution in [0.2, 0.25) is 0 Å². The molecule has 0 saturated heterocycles. The molecule has 0 spiro atoms. The third-order valence-corrected chi connectivity index (χ3v) is 9.81. The van der Waals surface area contributed by atoms with Crippen LogP contribution in [0, 0.1) is 11.3 Å². The van der Waals surface area contributed by atoms with Crippen LogP contribution >= 0.6 is 23.1 Å². The van der Waals surface area contributed by atoms with Crippen LogP contribution in [0.3, 0.4) is 0 Å². The zero-order chi connectivity index (χ0) is 23.0. The number of fused-ring (bicyclic) bond motifs is 3. The summed E-state index contributed by atoms with van der Waals surface area (Å²) in [5.74, 6) is 1.63. The SMILES string of the molecule is CC(C)(C)[C@@H]1CCc2c(sc3nc(SCCc4ccccc4)n(C4CCCCC4)c(=O)c23)C1. The molecule has 1 saturated carbocycles. The molecule has 3 aromatic rings. The van der Waals surface area contributed by atoms with Crippen LogP contribution in [-0.4, -0.2) is 15.3 Å². The van der Waals surface area contributed by atoms with E-state index in [1.54, 1.807) is 23.1 Å². The highest BCUT2D eigenvalue weighted by molar-refractivity contribution is 7.99. The lowest BCUT2D eigenvalue weighted by Gasteiger charge is -2.33. The second-order valence-corrected chi connectivity index (χ2v) is 13.1. The monoisotopic (exact) mass is 480 g/mol. The van der Waals surface area contributed by atoms with Gasteiger partial charge >= 0.3 is 0 Å². The average molecular weight is 481 g/mol. The number of benzene rings is 1. The van der Waals surface area contributed by atoms with Crippen molar-refractivity contribution in [2.45, 2.75) is 89.8 Å². The molecule has 33 heavy (non-hydrogen) atoms. The number of thioether (sulfide) groups is 1. The first-order valence-electron chi connectivity index (χ1n) is 12.7. The number of aryl methyl sites for hydroxylation is 2. The normalized spacial score (nSPS) is 19.7. The van der Waals surface area contributed by atoms with E-state index in [1.807, 2.05) is 0 Å². The van der Waals surface area contributed by atoms with Gasteiger partial charge in [-0.15, -0.1) is 11.3 Å². The molecule has 5 heteroatoms. The zero-order valence-electron chi connectivity index (χ0n) is 20.2. The molecule has 0 bridgehead atoms. The van der Waals surface area contributed by atoms with Crippen molar-refractivity contribution in [2.24, 2.45) is 11.3 Å². The third-order valence-electron chi connectivity index (χ3n) is 7.71. The van der Waals surface area contributed by atoms with Gasteiger partial charge in [0, 0.05) is 16.7 Å². The van der Waals surface area contributed by atoms with Crippen molar-refractivity contribution in [3.63, 3.8) is 0 Å². The van der Waals surface area contributed by atoms with Gasteiger partial charge in [0.2, 0.25) is 0 Å². The highest BCUT2D eigenvalue weighted by Crippen LogP contribution is 2.43. The zero-order valence-corrected chi connectivity index (χ0v) is 21.9. The van der Waals surface area contributed by atoms with Crippen LogP contribution in [0.5, 0.6) is 0 Å². The number of thiophene rings is 1. The van der Waals surface area contributed by atoms with Crippen LogP contribution in [0.15, 0.2) is 40.3 Å². The molecular weight excluding hydrogens is 444 g/mol. The van der Waals surface area contributed by atoms with Gasteiger partial charge in [-0.25, -0.2) is 4.98 Å². The van der Waals surface area contributed by atoms with E-state index in [-0.39, 0.29) is 5.56 Å². The van der Waals surface area contributed by atoms with Crippen molar-refractivity contribution in [1.82, 2.24) is 9.55 Å². The van der Waals surface area contributed by atoms with Crippen LogP contribution in [0.25, 0.3) is 10.2 Å². The number of hydrogen-bond donors (Lipinski definition) is 0.